The molecule has 3 aromatic heterocycles. The normalized spacial score (nSPS) is 11.2. The largest absolute Gasteiger partial charge is 0.332 e. The van der Waals surface area contributed by atoms with E-state index in [0.717, 1.165) is 21.4 Å². The molecule has 10 heteroatoms. The number of fused-ring (bicyclic) bond motifs is 1. The van der Waals surface area contributed by atoms with Crippen LogP contribution in [0.2, 0.25) is 0 Å². The highest BCUT2D eigenvalue weighted by Crippen LogP contribution is 2.25. The van der Waals surface area contributed by atoms with Crippen molar-refractivity contribution in [2.75, 3.05) is 5.32 Å². The lowest BCUT2D eigenvalue weighted by molar-refractivity contribution is -0.116. The molecule has 0 unspecified atom stereocenters. The predicted molar refractivity (Wildman–Crippen MR) is 133 cm³/mol. The average molecular weight is 470 g/mol. The Hall–Kier alpha value is -4.73. The Kier molecular flexibility index (Phi) is 5.40. The van der Waals surface area contributed by atoms with E-state index in [4.69, 9.17) is 5.10 Å². The molecule has 2 aromatic carbocycles. The number of amides is 1. The molecule has 0 atom stereocenters. The first-order chi connectivity index (χ1) is 16.8. The van der Waals surface area contributed by atoms with Gasteiger partial charge in [-0.25, -0.2) is 14.5 Å². The lowest BCUT2D eigenvalue weighted by Gasteiger charge is -2.10. The fourth-order valence-corrected chi connectivity index (χ4v) is 3.96. The molecule has 176 valence electrons. The summed E-state index contributed by atoms with van der Waals surface area (Å²) >= 11 is 0. The summed E-state index contributed by atoms with van der Waals surface area (Å²) < 4.78 is 5.39. The fourth-order valence-electron chi connectivity index (χ4n) is 3.96. The van der Waals surface area contributed by atoms with Crippen molar-refractivity contribution in [1.82, 2.24) is 28.5 Å². The van der Waals surface area contributed by atoms with Crippen molar-refractivity contribution < 1.29 is 4.79 Å². The van der Waals surface area contributed by atoms with Crippen LogP contribution in [0.1, 0.15) is 5.56 Å². The summed E-state index contributed by atoms with van der Waals surface area (Å²) in [6.07, 6.45) is 1.39. The van der Waals surface area contributed by atoms with Crippen molar-refractivity contribution >= 4 is 22.9 Å². The molecule has 0 aliphatic rings. The molecule has 5 aromatic rings. The summed E-state index contributed by atoms with van der Waals surface area (Å²) in [5, 5.41) is 7.63. The smallest absolute Gasteiger partial charge is 0.315 e. The molecule has 0 bridgehead atoms. The number of nitrogens with zero attached hydrogens (tertiary/aromatic N) is 6. The third-order valence-electron chi connectivity index (χ3n) is 5.86. The summed E-state index contributed by atoms with van der Waals surface area (Å²) in [7, 11) is 2.93. The maximum Gasteiger partial charge on any atom is 0.332 e. The van der Waals surface area contributed by atoms with Gasteiger partial charge >= 0.3 is 5.69 Å². The molecule has 0 aliphatic carbocycles. The second kappa shape index (κ2) is 8.56. The van der Waals surface area contributed by atoms with Gasteiger partial charge in [-0.1, -0.05) is 48.0 Å². The number of carbonyl (C=O) groups is 1. The molecule has 0 saturated carbocycles. The van der Waals surface area contributed by atoms with Crippen molar-refractivity contribution in [2.24, 2.45) is 14.1 Å². The summed E-state index contributed by atoms with van der Waals surface area (Å²) in [5.74, 6) is 0.120. The van der Waals surface area contributed by atoms with Gasteiger partial charge in [0, 0.05) is 25.7 Å². The quantitative estimate of drug-likeness (QED) is 0.425. The van der Waals surface area contributed by atoms with E-state index in [1.807, 2.05) is 67.6 Å². The van der Waals surface area contributed by atoms with Crippen LogP contribution in [0.5, 0.6) is 0 Å². The van der Waals surface area contributed by atoms with Crippen LogP contribution in [-0.4, -0.2) is 34.4 Å². The number of rotatable bonds is 5. The van der Waals surface area contributed by atoms with Crippen molar-refractivity contribution in [2.45, 2.75) is 13.5 Å². The third-order valence-corrected chi connectivity index (χ3v) is 5.86. The minimum absolute atomic E-state index is 0.163. The van der Waals surface area contributed by atoms with E-state index in [2.05, 4.69) is 10.3 Å². The SMILES string of the molecule is Cc1ccc(-c2cc(NC(=O)Cn3cnc4c3c(=O)n(C)c(=O)n4C)n(-c3ccccc3)n2)cc1. The number of imidazole rings is 1. The van der Waals surface area contributed by atoms with E-state index in [1.54, 1.807) is 4.68 Å². The Morgan fingerprint density at radius 2 is 1.69 bits per heavy atom. The van der Waals surface area contributed by atoms with Gasteiger partial charge in [-0.3, -0.25) is 18.7 Å². The first-order valence-corrected chi connectivity index (χ1v) is 11.0. The van der Waals surface area contributed by atoms with Gasteiger partial charge in [0.15, 0.2) is 11.2 Å². The molecule has 5 rings (SSSR count). The molecule has 0 fully saturated rings. The van der Waals surface area contributed by atoms with Crippen LogP contribution >= 0.6 is 0 Å². The third kappa shape index (κ3) is 3.95. The minimum atomic E-state index is -0.510. The fraction of sp³-hybridized carbons (Fsp3) is 0.160. The number of para-hydroxylation sites is 1. The highest BCUT2D eigenvalue weighted by Gasteiger charge is 2.18. The van der Waals surface area contributed by atoms with E-state index in [-0.39, 0.29) is 23.6 Å². The zero-order valence-electron chi connectivity index (χ0n) is 19.5. The summed E-state index contributed by atoms with van der Waals surface area (Å²) in [6.45, 7) is 1.85. The highest BCUT2D eigenvalue weighted by atomic mass is 16.2. The number of hydrogen-bond acceptors (Lipinski definition) is 5. The molecule has 35 heavy (non-hydrogen) atoms. The molecule has 1 amide bonds. The van der Waals surface area contributed by atoms with Crippen LogP contribution in [0, 0.1) is 6.92 Å². The second-order valence-corrected chi connectivity index (χ2v) is 8.33. The van der Waals surface area contributed by atoms with E-state index in [0.29, 0.717) is 11.5 Å². The monoisotopic (exact) mass is 469 g/mol. The summed E-state index contributed by atoms with van der Waals surface area (Å²) in [4.78, 5) is 42.1. The van der Waals surface area contributed by atoms with E-state index in [9.17, 15) is 14.4 Å². The molecular formula is C25H23N7O3. The number of carbonyl (C=O) groups excluding carboxylic acids is 1. The molecule has 0 spiro atoms. The number of hydrogen-bond donors (Lipinski definition) is 1. The van der Waals surface area contributed by atoms with Crippen LogP contribution in [0.15, 0.2) is 76.6 Å². The van der Waals surface area contributed by atoms with Crippen molar-refractivity contribution in [3.63, 3.8) is 0 Å². The van der Waals surface area contributed by atoms with Gasteiger partial charge in [0.1, 0.15) is 12.4 Å². The van der Waals surface area contributed by atoms with Crippen LogP contribution in [-0.2, 0) is 25.4 Å². The zero-order chi connectivity index (χ0) is 24.7. The van der Waals surface area contributed by atoms with E-state index < -0.39 is 11.2 Å². The van der Waals surface area contributed by atoms with Gasteiger partial charge in [-0.2, -0.15) is 5.10 Å². The zero-order valence-corrected chi connectivity index (χ0v) is 19.5. The van der Waals surface area contributed by atoms with Gasteiger partial charge in [0.2, 0.25) is 5.91 Å². The number of aromatic nitrogens is 6. The Balaban J connectivity index is 1.50. The predicted octanol–water partition coefficient (Wildman–Crippen LogP) is 2.23. The van der Waals surface area contributed by atoms with Crippen LogP contribution in [0.25, 0.3) is 28.1 Å². The molecular weight excluding hydrogens is 446 g/mol. The van der Waals surface area contributed by atoms with Crippen LogP contribution in [0.3, 0.4) is 0 Å². The van der Waals surface area contributed by atoms with Crippen LogP contribution in [0.4, 0.5) is 5.82 Å². The Labute approximate surface area is 199 Å². The summed E-state index contributed by atoms with van der Waals surface area (Å²) in [6, 6.07) is 19.3. The number of anilines is 1. The first-order valence-electron chi connectivity index (χ1n) is 11.0. The molecule has 0 aliphatic heterocycles. The van der Waals surface area contributed by atoms with Crippen molar-refractivity contribution in [3.05, 3.63) is 93.4 Å². The van der Waals surface area contributed by atoms with E-state index in [1.165, 1.54) is 29.6 Å². The van der Waals surface area contributed by atoms with Gasteiger partial charge in [-0.15, -0.1) is 0 Å². The Bertz CT molecular complexity index is 1670. The van der Waals surface area contributed by atoms with Crippen molar-refractivity contribution in [3.8, 4) is 16.9 Å². The highest BCUT2D eigenvalue weighted by molar-refractivity contribution is 5.91. The van der Waals surface area contributed by atoms with Gasteiger partial charge in [0.05, 0.1) is 17.7 Å². The number of benzene rings is 2. The number of nitrogens with one attached hydrogen (secondary N) is 1. The lowest BCUT2D eigenvalue weighted by Crippen LogP contribution is -2.37. The maximum atomic E-state index is 13.1. The first kappa shape index (κ1) is 22.1. The molecule has 0 saturated heterocycles. The average Bonchev–Trinajstić information content (AvgIpc) is 3.47. The standard InChI is InChI=1S/C25H23N7O3/c1-16-9-11-17(12-10-16)19-13-20(32(28-19)18-7-5-4-6-8-18)27-21(33)14-31-15-26-23-22(31)24(34)30(3)25(35)29(23)2/h4-13,15H,14H2,1-3H3,(H,27,33). The summed E-state index contributed by atoms with van der Waals surface area (Å²) in [5.41, 5.74) is 2.98. The van der Waals surface area contributed by atoms with Crippen molar-refractivity contribution in [1.29, 1.82) is 0 Å². The number of aryl methyl sites for hydroxylation is 2. The van der Waals surface area contributed by atoms with Gasteiger partial charge in [0.25, 0.3) is 5.56 Å². The Morgan fingerprint density at radius 1 is 0.971 bits per heavy atom. The molecule has 3 heterocycles. The van der Waals surface area contributed by atoms with E-state index >= 15 is 0 Å². The minimum Gasteiger partial charge on any atom is -0.315 e. The van der Waals surface area contributed by atoms with Gasteiger partial charge < -0.3 is 9.88 Å². The molecule has 10 nitrogen and oxygen atoms in total. The lowest BCUT2D eigenvalue weighted by atomic mass is 10.1. The maximum absolute atomic E-state index is 13.1. The van der Waals surface area contributed by atoms with Gasteiger partial charge in [-0.05, 0) is 19.1 Å². The second-order valence-electron chi connectivity index (χ2n) is 8.33. The Morgan fingerprint density at radius 3 is 2.40 bits per heavy atom. The molecule has 1 N–H and O–H groups in total. The molecule has 0 radical (unpaired) electrons. The van der Waals surface area contributed by atoms with Crippen LogP contribution < -0.4 is 16.6 Å². The topological polar surface area (TPSA) is 109 Å².